The molecule has 0 unspecified atom stereocenters. The lowest BCUT2D eigenvalue weighted by Gasteiger charge is -2.12. The number of anilines is 1. The fourth-order valence-corrected chi connectivity index (χ4v) is 3.15. The molecule has 0 radical (unpaired) electrons. The van der Waals surface area contributed by atoms with Gasteiger partial charge in [-0.3, -0.25) is 0 Å². The average molecular weight is 311 g/mol. The minimum absolute atomic E-state index is 0.0175. The van der Waals surface area contributed by atoms with Gasteiger partial charge in [0.25, 0.3) is 0 Å². The first-order valence-corrected chi connectivity index (χ1v) is 7.78. The molecule has 1 heterocycles. The van der Waals surface area contributed by atoms with Crippen LogP contribution in [0.4, 0.5) is 5.69 Å². The van der Waals surface area contributed by atoms with Gasteiger partial charge in [0, 0.05) is 5.69 Å². The molecule has 2 aromatic carbocycles. The standard InChI is InChI=1S/C19H21NO3/c1-4-23-18(21)19(2)17(14-8-6-5-7-9-14)20(19)15-10-12-16(22-3)13-11-15/h5-13,17H,4H2,1-3H3/t17-,19+,20?/m1/s1. The van der Waals surface area contributed by atoms with Crippen LogP contribution >= 0.6 is 0 Å². The third-order valence-corrected chi connectivity index (χ3v) is 4.38. The SMILES string of the molecule is CCOC(=O)[C@]1(C)[C@@H](c2ccccc2)N1c1ccc(OC)cc1. The molecule has 1 aliphatic rings. The number of nitrogens with zero attached hydrogens (tertiary/aromatic N) is 1. The summed E-state index contributed by atoms with van der Waals surface area (Å²) in [5, 5.41) is 0. The van der Waals surface area contributed by atoms with E-state index in [1.54, 1.807) is 7.11 Å². The molecule has 2 atom stereocenters. The molecule has 0 spiro atoms. The van der Waals surface area contributed by atoms with Crippen LogP contribution in [0.5, 0.6) is 5.75 Å². The molecular weight excluding hydrogens is 290 g/mol. The van der Waals surface area contributed by atoms with Crippen molar-refractivity contribution >= 4 is 11.7 Å². The fourth-order valence-electron chi connectivity index (χ4n) is 3.15. The monoisotopic (exact) mass is 311 g/mol. The minimum Gasteiger partial charge on any atom is -0.497 e. The summed E-state index contributed by atoms with van der Waals surface area (Å²) in [5.74, 6) is 0.606. The molecule has 3 rings (SSSR count). The topological polar surface area (TPSA) is 38.5 Å². The maximum absolute atomic E-state index is 12.5. The summed E-state index contributed by atoms with van der Waals surface area (Å²) in [7, 11) is 1.64. The van der Waals surface area contributed by atoms with Gasteiger partial charge in [0.15, 0.2) is 5.54 Å². The fraction of sp³-hybridized carbons (Fsp3) is 0.316. The zero-order valence-corrected chi connectivity index (χ0v) is 13.7. The minimum atomic E-state index is -0.675. The van der Waals surface area contributed by atoms with Crippen LogP contribution in [-0.4, -0.2) is 25.2 Å². The van der Waals surface area contributed by atoms with Crippen molar-refractivity contribution in [3.63, 3.8) is 0 Å². The van der Waals surface area contributed by atoms with Crippen molar-refractivity contribution in [3.8, 4) is 5.75 Å². The Morgan fingerprint density at radius 3 is 2.35 bits per heavy atom. The van der Waals surface area contributed by atoms with Gasteiger partial charge in [-0.2, -0.15) is 0 Å². The molecule has 0 aromatic heterocycles. The molecule has 120 valence electrons. The molecule has 0 amide bonds. The van der Waals surface area contributed by atoms with Gasteiger partial charge in [0.1, 0.15) is 5.75 Å². The Balaban J connectivity index is 1.96. The van der Waals surface area contributed by atoms with Gasteiger partial charge in [0.05, 0.1) is 19.8 Å². The predicted molar refractivity (Wildman–Crippen MR) is 89.7 cm³/mol. The van der Waals surface area contributed by atoms with Crippen molar-refractivity contribution in [1.82, 2.24) is 0 Å². The van der Waals surface area contributed by atoms with Crippen LogP contribution in [0.1, 0.15) is 25.5 Å². The number of ether oxygens (including phenoxy) is 2. The number of carbonyl (C=O) groups is 1. The zero-order chi connectivity index (χ0) is 16.4. The van der Waals surface area contributed by atoms with Crippen LogP contribution in [-0.2, 0) is 9.53 Å². The number of benzene rings is 2. The maximum atomic E-state index is 12.5. The molecular formula is C19H21NO3. The van der Waals surface area contributed by atoms with E-state index in [9.17, 15) is 4.79 Å². The molecule has 2 aromatic rings. The third-order valence-electron chi connectivity index (χ3n) is 4.38. The Morgan fingerprint density at radius 1 is 1.13 bits per heavy atom. The number of hydrogen-bond acceptors (Lipinski definition) is 4. The summed E-state index contributed by atoms with van der Waals surface area (Å²) in [5.41, 5.74) is 1.42. The van der Waals surface area contributed by atoms with Crippen molar-refractivity contribution in [2.45, 2.75) is 25.4 Å². The highest BCUT2D eigenvalue weighted by Crippen LogP contribution is 2.56. The van der Waals surface area contributed by atoms with E-state index in [4.69, 9.17) is 9.47 Å². The van der Waals surface area contributed by atoms with Crippen LogP contribution in [0, 0.1) is 0 Å². The van der Waals surface area contributed by atoms with Gasteiger partial charge in [0.2, 0.25) is 0 Å². The van der Waals surface area contributed by atoms with Gasteiger partial charge >= 0.3 is 5.97 Å². The first kappa shape index (κ1) is 15.4. The van der Waals surface area contributed by atoms with E-state index in [0.717, 1.165) is 17.0 Å². The number of rotatable bonds is 5. The molecule has 4 heteroatoms. The van der Waals surface area contributed by atoms with Gasteiger partial charge in [-0.15, -0.1) is 0 Å². The summed E-state index contributed by atoms with van der Waals surface area (Å²) < 4.78 is 10.5. The van der Waals surface area contributed by atoms with Crippen molar-refractivity contribution in [2.24, 2.45) is 0 Å². The lowest BCUT2D eigenvalue weighted by Crippen LogP contribution is -2.28. The highest BCUT2D eigenvalue weighted by molar-refractivity contribution is 5.94. The van der Waals surface area contributed by atoms with Crippen LogP contribution in [0.3, 0.4) is 0 Å². The molecule has 1 fully saturated rings. The Morgan fingerprint density at radius 2 is 1.78 bits per heavy atom. The highest BCUT2D eigenvalue weighted by Gasteiger charge is 2.66. The Kier molecular flexibility index (Phi) is 3.99. The normalized spacial score (nSPS) is 22.6. The summed E-state index contributed by atoms with van der Waals surface area (Å²) in [6, 6.07) is 17.8. The van der Waals surface area contributed by atoms with Crippen molar-refractivity contribution in [1.29, 1.82) is 0 Å². The maximum Gasteiger partial charge on any atom is 0.334 e. The van der Waals surface area contributed by atoms with E-state index >= 15 is 0 Å². The van der Waals surface area contributed by atoms with Crippen LogP contribution in [0.25, 0.3) is 0 Å². The Hall–Kier alpha value is -2.49. The molecule has 0 N–H and O–H groups in total. The first-order chi connectivity index (χ1) is 11.1. The van der Waals surface area contributed by atoms with Crippen molar-refractivity contribution < 1.29 is 14.3 Å². The largest absolute Gasteiger partial charge is 0.497 e. The second-order valence-corrected chi connectivity index (χ2v) is 5.75. The predicted octanol–water partition coefficient (Wildman–Crippen LogP) is 3.58. The Labute approximate surface area is 136 Å². The quantitative estimate of drug-likeness (QED) is 0.625. The smallest absolute Gasteiger partial charge is 0.334 e. The molecule has 1 aliphatic heterocycles. The molecule has 4 nitrogen and oxygen atoms in total. The van der Waals surface area contributed by atoms with Crippen LogP contribution < -0.4 is 9.64 Å². The van der Waals surface area contributed by atoms with Gasteiger partial charge < -0.3 is 14.4 Å². The van der Waals surface area contributed by atoms with Crippen molar-refractivity contribution in [3.05, 3.63) is 60.2 Å². The van der Waals surface area contributed by atoms with Gasteiger partial charge in [-0.1, -0.05) is 30.3 Å². The second kappa shape index (κ2) is 5.95. The molecule has 0 saturated carbocycles. The van der Waals surface area contributed by atoms with Crippen molar-refractivity contribution in [2.75, 3.05) is 18.6 Å². The van der Waals surface area contributed by atoms with Crippen LogP contribution in [0.15, 0.2) is 54.6 Å². The number of carbonyl (C=O) groups excluding carboxylic acids is 1. The van der Waals surface area contributed by atoms with E-state index in [1.165, 1.54) is 0 Å². The number of hydrogen-bond donors (Lipinski definition) is 0. The van der Waals surface area contributed by atoms with E-state index in [2.05, 4.69) is 4.90 Å². The summed E-state index contributed by atoms with van der Waals surface area (Å²) in [6.07, 6.45) is 0. The average Bonchev–Trinajstić information content (AvgIpc) is 3.23. The molecule has 0 aliphatic carbocycles. The van der Waals surface area contributed by atoms with Gasteiger partial charge in [-0.05, 0) is 43.7 Å². The summed E-state index contributed by atoms with van der Waals surface area (Å²) in [6.45, 7) is 4.15. The summed E-state index contributed by atoms with van der Waals surface area (Å²) >= 11 is 0. The number of esters is 1. The van der Waals surface area contributed by atoms with Gasteiger partial charge in [-0.25, -0.2) is 4.79 Å². The third kappa shape index (κ3) is 2.54. The molecule has 0 bridgehead atoms. The van der Waals surface area contributed by atoms with E-state index in [-0.39, 0.29) is 12.0 Å². The van der Waals surface area contributed by atoms with E-state index < -0.39 is 5.54 Å². The number of methoxy groups -OCH3 is 1. The summed E-state index contributed by atoms with van der Waals surface area (Å²) in [4.78, 5) is 14.6. The highest BCUT2D eigenvalue weighted by atomic mass is 16.5. The van der Waals surface area contributed by atoms with E-state index in [0.29, 0.717) is 6.61 Å². The second-order valence-electron chi connectivity index (χ2n) is 5.75. The van der Waals surface area contributed by atoms with E-state index in [1.807, 2.05) is 68.4 Å². The molecule has 1 saturated heterocycles. The zero-order valence-electron chi connectivity index (χ0n) is 13.7. The Bertz CT molecular complexity index is 684. The first-order valence-electron chi connectivity index (χ1n) is 7.78. The molecule has 23 heavy (non-hydrogen) atoms. The van der Waals surface area contributed by atoms with Crippen LogP contribution in [0.2, 0.25) is 0 Å². The lowest BCUT2D eigenvalue weighted by molar-refractivity contribution is -0.145. The lowest BCUT2D eigenvalue weighted by atomic mass is 10.0.